The zero-order valence-electron chi connectivity index (χ0n) is 17.0. The van der Waals surface area contributed by atoms with E-state index in [0.717, 1.165) is 55.5 Å². The molecular weight excluding hydrogens is 372 g/mol. The minimum Gasteiger partial charge on any atom is -0.341 e. The van der Waals surface area contributed by atoms with Gasteiger partial charge in [-0.2, -0.15) is 11.8 Å². The summed E-state index contributed by atoms with van der Waals surface area (Å²) in [6.07, 6.45) is 2.81. The molecule has 2 fully saturated rings. The fourth-order valence-electron chi connectivity index (χ4n) is 3.92. The standard InChI is InChI=1S/C21H32N4O2S/c1-23-9-3-4-18(15-23)16-24(2)21(27)22-19-7-5-17(6-8-19)14-20(26)25-10-12-28-13-11-25/h5-8,18H,3-4,9-16H2,1-2H3,(H,22,27). The SMILES string of the molecule is CN1CCCC(CN(C)C(=O)Nc2ccc(CC(=O)N3CCSCC3)cc2)C1. The number of amides is 3. The van der Waals surface area contributed by atoms with Crippen molar-refractivity contribution in [3.8, 4) is 0 Å². The van der Waals surface area contributed by atoms with E-state index in [2.05, 4.69) is 17.3 Å². The van der Waals surface area contributed by atoms with Crippen LogP contribution in [0.15, 0.2) is 24.3 Å². The maximum atomic E-state index is 12.5. The monoisotopic (exact) mass is 404 g/mol. The van der Waals surface area contributed by atoms with Gasteiger partial charge in [-0.25, -0.2) is 4.79 Å². The van der Waals surface area contributed by atoms with Crippen molar-refractivity contribution >= 4 is 29.4 Å². The Hall–Kier alpha value is -1.73. The number of nitrogens with zero attached hydrogens (tertiary/aromatic N) is 3. The van der Waals surface area contributed by atoms with Crippen LogP contribution in [0.2, 0.25) is 0 Å². The lowest BCUT2D eigenvalue weighted by Gasteiger charge is -2.32. The molecule has 1 unspecified atom stereocenters. The van der Waals surface area contributed by atoms with Gasteiger partial charge in [-0.3, -0.25) is 4.79 Å². The van der Waals surface area contributed by atoms with Gasteiger partial charge in [0.25, 0.3) is 0 Å². The van der Waals surface area contributed by atoms with Gasteiger partial charge >= 0.3 is 6.03 Å². The summed E-state index contributed by atoms with van der Waals surface area (Å²) in [5.41, 5.74) is 1.75. The molecule has 3 rings (SSSR count). The lowest BCUT2D eigenvalue weighted by atomic mass is 9.98. The van der Waals surface area contributed by atoms with E-state index in [-0.39, 0.29) is 11.9 Å². The topological polar surface area (TPSA) is 55.9 Å². The predicted molar refractivity (Wildman–Crippen MR) is 116 cm³/mol. The fourth-order valence-corrected chi connectivity index (χ4v) is 4.82. The van der Waals surface area contributed by atoms with Crippen molar-refractivity contribution in [3.63, 3.8) is 0 Å². The molecule has 0 aliphatic carbocycles. The third-order valence-corrected chi connectivity index (χ3v) is 6.47. The Labute approximate surface area is 172 Å². The van der Waals surface area contributed by atoms with Gasteiger partial charge in [0, 0.05) is 50.4 Å². The first kappa shape index (κ1) is 21.0. The van der Waals surface area contributed by atoms with Gasteiger partial charge in [0.05, 0.1) is 6.42 Å². The highest BCUT2D eigenvalue weighted by atomic mass is 32.2. The predicted octanol–water partition coefficient (Wildman–Crippen LogP) is 2.61. The minimum absolute atomic E-state index is 0.0807. The number of thioether (sulfide) groups is 1. The van der Waals surface area contributed by atoms with E-state index in [4.69, 9.17) is 0 Å². The Kier molecular flexibility index (Phi) is 7.62. The van der Waals surface area contributed by atoms with Gasteiger partial charge in [0.2, 0.25) is 5.91 Å². The van der Waals surface area contributed by atoms with E-state index in [9.17, 15) is 9.59 Å². The number of hydrogen-bond acceptors (Lipinski definition) is 4. The highest BCUT2D eigenvalue weighted by Gasteiger charge is 2.21. The van der Waals surface area contributed by atoms with E-state index in [1.807, 2.05) is 48.0 Å². The van der Waals surface area contributed by atoms with Crippen LogP contribution < -0.4 is 5.32 Å². The van der Waals surface area contributed by atoms with Gasteiger partial charge in [0.15, 0.2) is 0 Å². The first-order valence-electron chi connectivity index (χ1n) is 10.2. The molecule has 2 aliphatic heterocycles. The molecule has 0 saturated carbocycles. The number of carbonyl (C=O) groups is 2. The maximum absolute atomic E-state index is 12.5. The number of carbonyl (C=O) groups excluding carboxylic acids is 2. The second-order valence-corrected chi connectivity index (χ2v) is 9.17. The van der Waals surface area contributed by atoms with Crippen LogP contribution >= 0.6 is 11.8 Å². The molecule has 1 atom stereocenters. The molecule has 1 aromatic rings. The molecule has 6 nitrogen and oxygen atoms in total. The number of nitrogens with one attached hydrogen (secondary N) is 1. The summed E-state index contributed by atoms with van der Waals surface area (Å²) >= 11 is 1.90. The van der Waals surface area contributed by atoms with E-state index >= 15 is 0 Å². The summed E-state index contributed by atoms with van der Waals surface area (Å²) in [4.78, 5) is 30.9. The van der Waals surface area contributed by atoms with Crippen LogP contribution in [-0.4, -0.2) is 85.0 Å². The summed E-state index contributed by atoms with van der Waals surface area (Å²) in [5.74, 6) is 2.79. The summed E-state index contributed by atoms with van der Waals surface area (Å²) in [7, 11) is 4.00. The number of urea groups is 1. The van der Waals surface area contributed by atoms with Gasteiger partial charge in [-0.05, 0) is 50.0 Å². The first-order chi connectivity index (χ1) is 13.5. The minimum atomic E-state index is -0.0807. The maximum Gasteiger partial charge on any atom is 0.321 e. The van der Waals surface area contributed by atoms with Gasteiger partial charge in [-0.15, -0.1) is 0 Å². The van der Waals surface area contributed by atoms with Crippen LogP contribution in [0.3, 0.4) is 0 Å². The molecule has 28 heavy (non-hydrogen) atoms. The molecule has 2 heterocycles. The summed E-state index contributed by atoms with van der Waals surface area (Å²) in [6, 6.07) is 7.55. The second kappa shape index (κ2) is 10.2. The summed E-state index contributed by atoms with van der Waals surface area (Å²) in [5, 5.41) is 2.96. The molecule has 0 bridgehead atoms. The Morgan fingerprint density at radius 2 is 1.89 bits per heavy atom. The van der Waals surface area contributed by atoms with E-state index < -0.39 is 0 Å². The molecule has 0 aromatic heterocycles. The van der Waals surface area contributed by atoms with E-state index in [1.165, 1.54) is 12.8 Å². The number of hydrogen-bond donors (Lipinski definition) is 1. The van der Waals surface area contributed by atoms with Gasteiger partial charge in [0.1, 0.15) is 0 Å². The largest absolute Gasteiger partial charge is 0.341 e. The van der Waals surface area contributed by atoms with Crippen molar-refractivity contribution in [3.05, 3.63) is 29.8 Å². The Bertz CT molecular complexity index is 661. The molecule has 154 valence electrons. The van der Waals surface area contributed by atoms with Crippen molar-refractivity contribution in [2.24, 2.45) is 5.92 Å². The van der Waals surface area contributed by atoms with E-state index in [0.29, 0.717) is 12.3 Å². The highest BCUT2D eigenvalue weighted by molar-refractivity contribution is 7.99. The van der Waals surface area contributed by atoms with Crippen molar-refractivity contribution in [2.75, 3.05) is 63.6 Å². The molecule has 2 saturated heterocycles. The Morgan fingerprint density at radius 3 is 2.57 bits per heavy atom. The van der Waals surface area contributed by atoms with Crippen LogP contribution in [0.1, 0.15) is 18.4 Å². The molecule has 1 N–H and O–H groups in total. The van der Waals surface area contributed by atoms with Crippen molar-refractivity contribution < 1.29 is 9.59 Å². The van der Waals surface area contributed by atoms with Crippen molar-refractivity contribution in [2.45, 2.75) is 19.3 Å². The molecule has 3 amide bonds. The summed E-state index contributed by atoms with van der Waals surface area (Å²) < 4.78 is 0. The fraction of sp³-hybridized carbons (Fsp3) is 0.619. The number of benzene rings is 1. The first-order valence-corrected chi connectivity index (χ1v) is 11.3. The van der Waals surface area contributed by atoms with Crippen molar-refractivity contribution in [1.82, 2.24) is 14.7 Å². The third-order valence-electron chi connectivity index (χ3n) is 5.53. The van der Waals surface area contributed by atoms with Crippen LogP contribution in [0.4, 0.5) is 10.5 Å². The quantitative estimate of drug-likeness (QED) is 0.820. The Morgan fingerprint density at radius 1 is 1.18 bits per heavy atom. The average molecular weight is 405 g/mol. The molecule has 7 heteroatoms. The summed E-state index contributed by atoms with van der Waals surface area (Å²) in [6.45, 7) is 4.67. The molecule has 0 spiro atoms. The number of rotatable bonds is 5. The van der Waals surface area contributed by atoms with Crippen LogP contribution in [0, 0.1) is 5.92 Å². The number of anilines is 1. The van der Waals surface area contributed by atoms with Crippen molar-refractivity contribution in [1.29, 1.82) is 0 Å². The zero-order valence-corrected chi connectivity index (χ0v) is 17.8. The lowest BCUT2D eigenvalue weighted by molar-refractivity contribution is -0.130. The zero-order chi connectivity index (χ0) is 19.9. The average Bonchev–Trinajstić information content (AvgIpc) is 2.70. The Balaban J connectivity index is 1.46. The molecular formula is C21H32N4O2S. The second-order valence-electron chi connectivity index (χ2n) is 7.95. The molecule has 1 aromatic carbocycles. The number of piperidine rings is 1. The van der Waals surface area contributed by atoms with Crippen LogP contribution in [0.5, 0.6) is 0 Å². The third kappa shape index (κ3) is 6.14. The van der Waals surface area contributed by atoms with Crippen LogP contribution in [-0.2, 0) is 11.2 Å². The van der Waals surface area contributed by atoms with Gasteiger partial charge in [-0.1, -0.05) is 12.1 Å². The highest BCUT2D eigenvalue weighted by Crippen LogP contribution is 2.17. The molecule has 2 aliphatic rings. The van der Waals surface area contributed by atoms with Gasteiger partial charge < -0.3 is 20.0 Å². The normalized spacial score (nSPS) is 20.6. The van der Waals surface area contributed by atoms with E-state index in [1.54, 1.807) is 4.90 Å². The smallest absolute Gasteiger partial charge is 0.321 e. The lowest BCUT2D eigenvalue weighted by Crippen LogP contribution is -2.41. The molecule has 0 radical (unpaired) electrons. The number of likely N-dealkylation sites (tertiary alicyclic amines) is 1. The van der Waals surface area contributed by atoms with Crippen LogP contribution in [0.25, 0.3) is 0 Å².